The Labute approximate surface area is 103 Å². The van der Waals surface area contributed by atoms with Gasteiger partial charge in [0, 0.05) is 5.02 Å². The molecule has 2 nitrogen and oxygen atoms in total. The van der Waals surface area contributed by atoms with Gasteiger partial charge in [-0.05, 0) is 44.5 Å². The third kappa shape index (κ3) is 5.88. The predicted molar refractivity (Wildman–Crippen MR) is 68.7 cm³/mol. The second-order valence-corrected chi connectivity index (χ2v) is 4.11. The fraction of sp³-hybridized carbons (Fsp3) is 0.455. The molecule has 0 radical (unpaired) electrons. The zero-order chi connectivity index (χ0) is 9.90. The van der Waals surface area contributed by atoms with Crippen molar-refractivity contribution >= 4 is 24.0 Å². The molecule has 0 aliphatic rings. The van der Waals surface area contributed by atoms with Crippen LogP contribution >= 0.6 is 24.0 Å². The second-order valence-electron chi connectivity index (χ2n) is 3.67. The SMILES string of the molecule is CCC(C)(C)Oc1ccc(Cl)cc1.Cl.N. The van der Waals surface area contributed by atoms with E-state index in [9.17, 15) is 0 Å². The number of benzene rings is 1. The molecule has 4 heteroatoms. The maximum Gasteiger partial charge on any atom is 0.120 e. The van der Waals surface area contributed by atoms with E-state index in [2.05, 4.69) is 20.8 Å². The van der Waals surface area contributed by atoms with Crippen LogP contribution in [0, 0.1) is 0 Å². The zero-order valence-corrected chi connectivity index (χ0v) is 11.0. The summed E-state index contributed by atoms with van der Waals surface area (Å²) in [5.41, 5.74) is -0.103. The van der Waals surface area contributed by atoms with Gasteiger partial charge in [0.15, 0.2) is 0 Å². The quantitative estimate of drug-likeness (QED) is 0.861. The Kier molecular flexibility index (Phi) is 7.85. The smallest absolute Gasteiger partial charge is 0.120 e. The molecule has 1 rings (SSSR count). The van der Waals surface area contributed by atoms with Gasteiger partial charge in [0.05, 0.1) is 0 Å². The Balaban J connectivity index is 0. The molecule has 0 saturated heterocycles. The first-order chi connectivity index (χ1) is 6.03. The largest absolute Gasteiger partial charge is 0.488 e. The van der Waals surface area contributed by atoms with Gasteiger partial charge >= 0.3 is 0 Å². The van der Waals surface area contributed by atoms with E-state index in [1.165, 1.54) is 0 Å². The molecule has 0 aliphatic heterocycles. The van der Waals surface area contributed by atoms with Crippen molar-refractivity contribution in [3.8, 4) is 5.75 Å². The van der Waals surface area contributed by atoms with Crippen LogP contribution in [0.15, 0.2) is 24.3 Å². The minimum atomic E-state index is -0.103. The summed E-state index contributed by atoms with van der Waals surface area (Å²) >= 11 is 5.76. The molecule has 88 valence electrons. The first-order valence-electron chi connectivity index (χ1n) is 4.48. The molecular weight excluding hydrogens is 233 g/mol. The molecule has 3 N–H and O–H groups in total. The highest BCUT2D eigenvalue weighted by Gasteiger charge is 2.16. The standard InChI is InChI=1S/C11H15ClO.ClH.H3N/c1-4-11(2,3)13-10-7-5-9(12)6-8-10;;/h5-8H,4H2,1-3H3;1H;1H3. The van der Waals surface area contributed by atoms with Crippen LogP contribution in [0.1, 0.15) is 27.2 Å². The highest BCUT2D eigenvalue weighted by Crippen LogP contribution is 2.22. The minimum absolute atomic E-state index is 0. The Morgan fingerprint density at radius 1 is 1.20 bits per heavy atom. The molecule has 0 atom stereocenters. The van der Waals surface area contributed by atoms with E-state index in [1.54, 1.807) is 0 Å². The predicted octanol–water partition coefficient (Wildman–Crippen LogP) is 4.49. The fourth-order valence-electron chi connectivity index (χ4n) is 0.894. The zero-order valence-electron chi connectivity index (χ0n) is 9.42. The molecule has 0 unspecified atom stereocenters. The molecule has 0 aliphatic carbocycles. The van der Waals surface area contributed by atoms with Crippen LogP contribution < -0.4 is 10.9 Å². The van der Waals surface area contributed by atoms with E-state index in [1.807, 2.05) is 24.3 Å². The van der Waals surface area contributed by atoms with Gasteiger partial charge < -0.3 is 10.9 Å². The van der Waals surface area contributed by atoms with E-state index in [0.717, 1.165) is 17.2 Å². The van der Waals surface area contributed by atoms with Crippen molar-refractivity contribution in [3.63, 3.8) is 0 Å². The summed E-state index contributed by atoms with van der Waals surface area (Å²) in [6.45, 7) is 6.25. The van der Waals surface area contributed by atoms with Crippen molar-refractivity contribution in [1.82, 2.24) is 6.15 Å². The van der Waals surface area contributed by atoms with Crippen molar-refractivity contribution in [2.45, 2.75) is 32.8 Å². The summed E-state index contributed by atoms with van der Waals surface area (Å²) in [7, 11) is 0. The first-order valence-corrected chi connectivity index (χ1v) is 4.86. The van der Waals surface area contributed by atoms with Gasteiger partial charge in [0.25, 0.3) is 0 Å². The van der Waals surface area contributed by atoms with Crippen LogP contribution in [-0.4, -0.2) is 5.60 Å². The number of ether oxygens (including phenoxy) is 1. The molecule has 0 fully saturated rings. The van der Waals surface area contributed by atoms with E-state index in [0.29, 0.717) is 0 Å². The van der Waals surface area contributed by atoms with E-state index < -0.39 is 0 Å². The van der Waals surface area contributed by atoms with Gasteiger partial charge in [0.2, 0.25) is 0 Å². The van der Waals surface area contributed by atoms with Gasteiger partial charge in [0.1, 0.15) is 11.4 Å². The lowest BCUT2D eigenvalue weighted by Crippen LogP contribution is -2.26. The van der Waals surface area contributed by atoms with E-state index in [4.69, 9.17) is 16.3 Å². The van der Waals surface area contributed by atoms with Gasteiger partial charge in [-0.25, -0.2) is 0 Å². The monoisotopic (exact) mass is 251 g/mol. The molecule has 0 bridgehead atoms. The van der Waals surface area contributed by atoms with Crippen molar-refractivity contribution in [3.05, 3.63) is 29.3 Å². The molecule has 0 aromatic heterocycles. The molecule has 0 spiro atoms. The van der Waals surface area contributed by atoms with Crippen LogP contribution in [-0.2, 0) is 0 Å². The summed E-state index contributed by atoms with van der Waals surface area (Å²) in [4.78, 5) is 0. The fourth-order valence-corrected chi connectivity index (χ4v) is 1.02. The summed E-state index contributed by atoms with van der Waals surface area (Å²) in [5.74, 6) is 0.872. The lowest BCUT2D eigenvalue weighted by Gasteiger charge is -2.24. The summed E-state index contributed by atoms with van der Waals surface area (Å²) < 4.78 is 5.75. The van der Waals surface area contributed by atoms with Gasteiger partial charge in [-0.3, -0.25) is 0 Å². The molecular formula is C11H19Cl2NO. The summed E-state index contributed by atoms with van der Waals surface area (Å²) in [6.07, 6.45) is 0.982. The lowest BCUT2D eigenvalue weighted by atomic mass is 10.1. The third-order valence-electron chi connectivity index (χ3n) is 2.06. The van der Waals surface area contributed by atoms with E-state index in [-0.39, 0.29) is 24.2 Å². The van der Waals surface area contributed by atoms with Crippen molar-refractivity contribution in [2.24, 2.45) is 0 Å². The molecule has 1 aromatic rings. The highest BCUT2D eigenvalue weighted by atomic mass is 35.5. The maximum atomic E-state index is 5.76. The average Bonchev–Trinajstić information content (AvgIpc) is 2.09. The lowest BCUT2D eigenvalue weighted by molar-refractivity contribution is 0.105. The maximum absolute atomic E-state index is 5.76. The summed E-state index contributed by atoms with van der Waals surface area (Å²) in [6, 6.07) is 7.45. The van der Waals surface area contributed by atoms with Crippen LogP contribution in [0.25, 0.3) is 0 Å². The van der Waals surface area contributed by atoms with Gasteiger partial charge in [-0.15, -0.1) is 12.4 Å². The van der Waals surface area contributed by atoms with Gasteiger partial charge in [-0.2, -0.15) is 0 Å². The van der Waals surface area contributed by atoms with Crippen molar-refractivity contribution in [1.29, 1.82) is 0 Å². The van der Waals surface area contributed by atoms with Gasteiger partial charge in [-0.1, -0.05) is 18.5 Å². The van der Waals surface area contributed by atoms with Crippen LogP contribution in [0.2, 0.25) is 5.02 Å². The Bertz CT molecular complexity index is 272. The molecule has 15 heavy (non-hydrogen) atoms. The summed E-state index contributed by atoms with van der Waals surface area (Å²) in [5, 5.41) is 0.738. The van der Waals surface area contributed by atoms with Crippen molar-refractivity contribution in [2.75, 3.05) is 0 Å². The van der Waals surface area contributed by atoms with E-state index >= 15 is 0 Å². The Morgan fingerprint density at radius 2 is 1.67 bits per heavy atom. The number of hydrogen-bond donors (Lipinski definition) is 1. The normalized spacial score (nSPS) is 9.87. The molecule has 1 aromatic carbocycles. The highest BCUT2D eigenvalue weighted by molar-refractivity contribution is 6.30. The molecule has 0 heterocycles. The number of rotatable bonds is 3. The molecule has 0 saturated carbocycles. The van der Waals surface area contributed by atoms with Crippen LogP contribution in [0.5, 0.6) is 5.75 Å². The Hall–Kier alpha value is -0.440. The Morgan fingerprint density at radius 3 is 2.07 bits per heavy atom. The van der Waals surface area contributed by atoms with Crippen molar-refractivity contribution < 1.29 is 4.74 Å². The number of hydrogen-bond acceptors (Lipinski definition) is 2. The minimum Gasteiger partial charge on any atom is -0.488 e. The number of halogens is 2. The third-order valence-corrected chi connectivity index (χ3v) is 2.31. The molecule has 0 amide bonds. The first kappa shape index (κ1) is 17.0. The van der Waals surface area contributed by atoms with Crippen LogP contribution in [0.3, 0.4) is 0 Å². The topological polar surface area (TPSA) is 44.2 Å². The average molecular weight is 252 g/mol. The van der Waals surface area contributed by atoms with Crippen LogP contribution in [0.4, 0.5) is 0 Å². The second kappa shape index (κ2) is 6.94.